The summed E-state index contributed by atoms with van der Waals surface area (Å²) in [5, 5.41) is 0. The van der Waals surface area contributed by atoms with E-state index in [1.54, 1.807) is 0 Å². The molecule has 2 rings (SSSR count). The van der Waals surface area contributed by atoms with Crippen LogP contribution >= 0.6 is 0 Å². The second-order valence-electron chi connectivity index (χ2n) is 5.84. The summed E-state index contributed by atoms with van der Waals surface area (Å²) in [6.45, 7) is 0.318. The van der Waals surface area contributed by atoms with Gasteiger partial charge in [-0.05, 0) is 23.8 Å². The van der Waals surface area contributed by atoms with Crippen molar-refractivity contribution in [2.75, 3.05) is 12.9 Å². The first kappa shape index (κ1) is 15.5. The SMILES string of the molecule is CS(=O)(=O)OCC(Cc1ccccc1)C1CCCCC1. The van der Waals surface area contributed by atoms with Gasteiger partial charge in [0.1, 0.15) is 0 Å². The lowest BCUT2D eigenvalue weighted by molar-refractivity contribution is 0.166. The van der Waals surface area contributed by atoms with Gasteiger partial charge >= 0.3 is 0 Å². The molecule has 4 heteroatoms. The minimum atomic E-state index is -3.35. The summed E-state index contributed by atoms with van der Waals surface area (Å²) < 4.78 is 27.6. The van der Waals surface area contributed by atoms with Crippen LogP contribution in [0, 0.1) is 11.8 Å². The highest BCUT2D eigenvalue weighted by Crippen LogP contribution is 2.32. The van der Waals surface area contributed by atoms with Crippen LogP contribution in [0.4, 0.5) is 0 Å². The highest BCUT2D eigenvalue weighted by atomic mass is 32.2. The Bertz CT molecular complexity index is 490. The second-order valence-corrected chi connectivity index (χ2v) is 7.48. The fraction of sp³-hybridized carbons (Fsp3) is 0.625. The lowest BCUT2D eigenvalue weighted by Gasteiger charge is -2.30. The van der Waals surface area contributed by atoms with Crippen LogP contribution in [0.1, 0.15) is 37.7 Å². The summed E-state index contributed by atoms with van der Waals surface area (Å²) in [7, 11) is -3.35. The Morgan fingerprint density at radius 2 is 1.80 bits per heavy atom. The van der Waals surface area contributed by atoms with Crippen LogP contribution in [0.25, 0.3) is 0 Å². The molecule has 0 radical (unpaired) electrons. The van der Waals surface area contributed by atoms with Crippen molar-refractivity contribution >= 4 is 10.1 Å². The summed E-state index contributed by atoms with van der Waals surface area (Å²) in [5.74, 6) is 0.887. The standard InChI is InChI=1S/C16H24O3S/c1-20(17,18)19-13-16(15-10-6-3-7-11-15)12-14-8-4-2-5-9-14/h2,4-5,8-9,15-16H,3,6-7,10-13H2,1H3. The van der Waals surface area contributed by atoms with Crippen LogP contribution in [0.3, 0.4) is 0 Å². The largest absolute Gasteiger partial charge is 0.270 e. The van der Waals surface area contributed by atoms with Crippen LogP contribution in [0.15, 0.2) is 30.3 Å². The summed E-state index contributed by atoms with van der Waals surface area (Å²) in [5.41, 5.74) is 1.26. The first-order chi connectivity index (χ1) is 9.54. The van der Waals surface area contributed by atoms with Crippen molar-refractivity contribution in [1.82, 2.24) is 0 Å². The molecule has 1 saturated carbocycles. The quantitative estimate of drug-likeness (QED) is 0.756. The molecule has 0 N–H and O–H groups in total. The van der Waals surface area contributed by atoms with E-state index >= 15 is 0 Å². The smallest absolute Gasteiger partial charge is 0.264 e. The van der Waals surface area contributed by atoms with E-state index in [0.29, 0.717) is 18.4 Å². The molecule has 0 heterocycles. The van der Waals surface area contributed by atoms with Gasteiger partial charge < -0.3 is 0 Å². The molecule has 0 aromatic heterocycles. The molecule has 1 aliphatic carbocycles. The third-order valence-electron chi connectivity index (χ3n) is 4.15. The van der Waals surface area contributed by atoms with Gasteiger partial charge in [0.2, 0.25) is 0 Å². The van der Waals surface area contributed by atoms with Gasteiger partial charge in [0.25, 0.3) is 10.1 Å². The van der Waals surface area contributed by atoms with E-state index < -0.39 is 10.1 Å². The maximum absolute atomic E-state index is 11.2. The van der Waals surface area contributed by atoms with Gasteiger partial charge in [-0.2, -0.15) is 8.42 Å². The first-order valence-electron chi connectivity index (χ1n) is 7.43. The molecule has 1 aromatic carbocycles. The van der Waals surface area contributed by atoms with E-state index in [9.17, 15) is 8.42 Å². The van der Waals surface area contributed by atoms with Gasteiger partial charge in [-0.1, -0.05) is 62.4 Å². The summed E-state index contributed by atoms with van der Waals surface area (Å²) in [4.78, 5) is 0. The van der Waals surface area contributed by atoms with Crippen molar-refractivity contribution in [3.63, 3.8) is 0 Å². The highest BCUT2D eigenvalue weighted by Gasteiger charge is 2.25. The summed E-state index contributed by atoms with van der Waals surface area (Å²) in [6, 6.07) is 10.3. The van der Waals surface area contributed by atoms with Gasteiger partial charge in [-0.15, -0.1) is 0 Å². The van der Waals surface area contributed by atoms with Gasteiger partial charge in [0.15, 0.2) is 0 Å². The Labute approximate surface area is 122 Å². The Hall–Kier alpha value is -0.870. The molecule has 0 spiro atoms. The number of hydrogen-bond acceptors (Lipinski definition) is 3. The number of hydrogen-bond donors (Lipinski definition) is 0. The van der Waals surface area contributed by atoms with Crippen LogP contribution in [0.5, 0.6) is 0 Å². The molecule has 20 heavy (non-hydrogen) atoms. The molecule has 0 bridgehead atoms. The van der Waals surface area contributed by atoms with E-state index in [2.05, 4.69) is 12.1 Å². The fourth-order valence-corrected chi connectivity index (χ4v) is 3.52. The third-order valence-corrected chi connectivity index (χ3v) is 4.72. The molecule has 3 nitrogen and oxygen atoms in total. The normalized spacial score (nSPS) is 18.9. The average Bonchev–Trinajstić information content (AvgIpc) is 2.44. The van der Waals surface area contributed by atoms with Gasteiger partial charge in [0.05, 0.1) is 12.9 Å². The molecule has 0 amide bonds. The minimum absolute atomic E-state index is 0.299. The van der Waals surface area contributed by atoms with E-state index in [1.165, 1.54) is 37.7 Å². The van der Waals surface area contributed by atoms with Crippen LogP contribution in [0.2, 0.25) is 0 Å². The Balaban J connectivity index is 2.02. The number of rotatable bonds is 6. The molecule has 1 aromatic rings. The van der Waals surface area contributed by atoms with Crippen molar-refractivity contribution in [2.45, 2.75) is 38.5 Å². The zero-order chi connectivity index (χ0) is 14.4. The summed E-state index contributed by atoms with van der Waals surface area (Å²) >= 11 is 0. The molecular weight excluding hydrogens is 272 g/mol. The number of benzene rings is 1. The predicted molar refractivity (Wildman–Crippen MR) is 81.0 cm³/mol. The zero-order valence-corrected chi connectivity index (χ0v) is 12.9. The first-order valence-corrected chi connectivity index (χ1v) is 9.24. The highest BCUT2D eigenvalue weighted by molar-refractivity contribution is 7.85. The Kier molecular flexibility index (Phi) is 5.61. The molecular formula is C16H24O3S. The minimum Gasteiger partial charge on any atom is -0.270 e. The molecule has 1 unspecified atom stereocenters. The Morgan fingerprint density at radius 3 is 2.40 bits per heavy atom. The van der Waals surface area contributed by atoms with Crippen molar-refractivity contribution in [3.05, 3.63) is 35.9 Å². The molecule has 0 saturated heterocycles. The van der Waals surface area contributed by atoms with E-state index in [-0.39, 0.29) is 0 Å². The second kappa shape index (κ2) is 7.23. The molecule has 1 aliphatic rings. The van der Waals surface area contributed by atoms with Gasteiger partial charge in [-0.25, -0.2) is 0 Å². The Morgan fingerprint density at radius 1 is 1.15 bits per heavy atom. The molecule has 112 valence electrons. The summed E-state index contributed by atoms with van der Waals surface area (Å²) in [6.07, 6.45) is 8.26. The van der Waals surface area contributed by atoms with Crippen molar-refractivity contribution in [2.24, 2.45) is 11.8 Å². The van der Waals surface area contributed by atoms with Crippen molar-refractivity contribution < 1.29 is 12.6 Å². The van der Waals surface area contributed by atoms with Gasteiger partial charge in [-0.3, -0.25) is 4.18 Å². The van der Waals surface area contributed by atoms with Crippen molar-refractivity contribution in [3.8, 4) is 0 Å². The van der Waals surface area contributed by atoms with E-state index in [4.69, 9.17) is 4.18 Å². The topological polar surface area (TPSA) is 43.4 Å². The zero-order valence-electron chi connectivity index (χ0n) is 12.1. The van der Waals surface area contributed by atoms with E-state index in [1.807, 2.05) is 18.2 Å². The van der Waals surface area contributed by atoms with Crippen LogP contribution < -0.4 is 0 Å². The van der Waals surface area contributed by atoms with E-state index in [0.717, 1.165) is 12.7 Å². The average molecular weight is 296 g/mol. The van der Waals surface area contributed by atoms with Gasteiger partial charge in [0, 0.05) is 0 Å². The fourth-order valence-electron chi connectivity index (χ4n) is 3.10. The maximum Gasteiger partial charge on any atom is 0.264 e. The monoisotopic (exact) mass is 296 g/mol. The molecule has 1 atom stereocenters. The van der Waals surface area contributed by atoms with Crippen LogP contribution in [-0.4, -0.2) is 21.3 Å². The van der Waals surface area contributed by atoms with Crippen LogP contribution in [-0.2, 0) is 20.7 Å². The maximum atomic E-state index is 11.2. The molecule has 0 aliphatic heterocycles. The molecule has 1 fully saturated rings. The van der Waals surface area contributed by atoms with Crippen molar-refractivity contribution in [1.29, 1.82) is 0 Å². The predicted octanol–water partition coefficient (Wildman–Crippen LogP) is 3.40. The lowest BCUT2D eigenvalue weighted by Crippen LogP contribution is -2.25. The third kappa shape index (κ3) is 5.25. The lowest BCUT2D eigenvalue weighted by atomic mass is 9.78.